The van der Waals surface area contributed by atoms with Crippen LogP contribution < -0.4 is 5.32 Å². The number of anilines is 1. The van der Waals surface area contributed by atoms with Gasteiger partial charge in [-0.15, -0.1) is 0 Å². The van der Waals surface area contributed by atoms with E-state index < -0.39 is 5.82 Å². The summed E-state index contributed by atoms with van der Waals surface area (Å²) in [6.07, 6.45) is 5.18. The molecule has 0 atom stereocenters. The molecule has 0 unspecified atom stereocenters. The first kappa shape index (κ1) is 11.4. The van der Waals surface area contributed by atoms with Crippen molar-refractivity contribution >= 4 is 17.2 Å². The lowest BCUT2D eigenvalue weighted by Crippen LogP contribution is -2.13. The Hall–Kier alpha value is -2.69. The van der Waals surface area contributed by atoms with Crippen LogP contribution in [0.2, 0.25) is 0 Å². The first-order valence-electron chi connectivity index (χ1n) is 5.72. The van der Waals surface area contributed by atoms with E-state index in [4.69, 9.17) is 0 Å². The summed E-state index contributed by atoms with van der Waals surface area (Å²) < 4.78 is 14.8. The third kappa shape index (κ3) is 2.18. The summed E-state index contributed by atoms with van der Waals surface area (Å²) in [5.41, 5.74) is 1.42. The zero-order valence-electron chi connectivity index (χ0n) is 9.88. The third-order valence-corrected chi connectivity index (χ3v) is 2.75. The minimum absolute atomic E-state index is 0.317. The largest absolute Gasteiger partial charge is 0.322 e. The van der Waals surface area contributed by atoms with E-state index in [0.29, 0.717) is 16.9 Å². The van der Waals surface area contributed by atoms with Crippen LogP contribution in [0.4, 0.5) is 10.1 Å². The molecule has 3 rings (SSSR count). The number of nitrogens with one attached hydrogen (secondary N) is 1. The molecule has 1 N–H and O–H groups in total. The van der Waals surface area contributed by atoms with E-state index in [1.54, 1.807) is 47.3 Å². The van der Waals surface area contributed by atoms with Crippen LogP contribution in [0.3, 0.4) is 0 Å². The molecule has 1 amide bonds. The first-order chi connectivity index (χ1) is 9.24. The topological polar surface area (TPSA) is 46.4 Å². The van der Waals surface area contributed by atoms with E-state index in [9.17, 15) is 9.18 Å². The number of pyridine rings is 1. The van der Waals surface area contributed by atoms with Crippen molar-refractivity contribution in [3.8, 4) is 0 Å². The maximum atomic E-state index is 13.1. The molecule has 0 aliphatic carbocycles. The Labute approximate surface area is 108 Å². The first-order valence-corrected chi connectivity index (χ1v) is 5.72. The Bertz CT molecular complexity index is 751. The van der Waals surface area contributed by atoms with Crippen molar-refractivity contribution in [2.24, 2.45) is 0 Å². The fraction of sp³-hybridized carbons (Fsp3) is 0. The number of amides is 1. The van der Waals surface area contributed by atoms with Gasteiger partial charge in [-0.25, -0.2) is 9.37 Å². The van der Waals surface area contributed by atoms with Crippen LogP contribution in [0, 0.1) is 5.82 Å². The van der Waals surface area contributed by atoms with Crippen molar-refractivity contribution in [1.82, 2.24) is 9.38 Å². The van der Waals surface area contributed by atoms with Crippen LogP contribution in [0.25, 0.3) is 5.65 Å². The smallest absolute Gasteiger partial charge is 0.259 e. The number of hydrogen-bond acceptors (Lipinski definition) is 2. The Morgan fingerprint density at radius 1 is 1.21 bits per heavy atom. The molecule has 0 fully saturated rings. The Morgan fingerprint density at radius 2 is 2.11 bits per heavy atom. The zero-order chi connectivity index (χ0) is 13.2. The van der Waals surface area contributed by atoms with Crippen LogP contribution in [0.15, 0.2) is 55.0 Å². The van der Waals surface area contributed by atoms with Gasteiger partial charge in [0.2, 0.25) is 0 Å². The van der Waals surface area contributed by atoms with Crippen LogP contribution in [-0.4, -0.2) is 15.3 Å². The normalized spacial score (nSPS) is 10.6. The number of carbonyl (C=O) groups excluding carboxylic acids is 1. The molecule has 0 aliphatic heterocycles. The van der Waals surface area contributed by atoms with Crippen molar-refractivity contribution < 1.29 is 9.18 Å². The number of imidazole rings is 1. The Kier molecular flexibility index (Phi) is 2.72. The van der Waals surface area contributed by atoms with E-state index in [0.717, 1.165) is 0 Å². The second-order valence-electron chi connectivity index (χ2n) is 4.04. The number of aromatic nitrogens is 2. The van der Waals surface area contributed by atoms with Crippen molar-refractivity contribution in [2.75, 3.05) is 5.32 Å². The molecule has 19 heavy (non-hydrogen) atoms. The van der Waals surface area contributed by atoms with Crippen molar-refractivity contribution in [3.05, 3.63) is 66.4 Å². The number of nitrogens with zero attached hydrogens (tertiary/aromatic N) is 2. The molecule has 5 heteroatoms. The fourth-order valence-electron chi connectivity index (χ4n) is 1.89. The zero-order valence-corrected chi connectivity index (χ0v) is 9.88. The molecule has 0 bridgehead atoms. The predicted molar refractivity (Wildman–Crippen MR) is 69.5 cm³/mol. The molecule has 1 aromatic carbocycles. The Morgan fingerprint density at radius 3 is 2.95 bits per heavy atom. The minimum atomic E-state index is -0.392. The molecule has 3 aromatic rings. The SMILES string of the molecule is O=C(Nc1cccc(F)c1)c1cccn2ccnc12. The van der Waals surface area contributed by atoms with Crippen LogP contribution in [0.1, 0.15) is 10.4 Å². The van der Waals surface area contributed by atoms with Gasteiger partial charge in [0.25, 0.3) is 5.91 Å². The van der Waals surface area contributed by atoms with E-state index in [1.807, 2.05) is 0 Å². The monoisotopic (exact) mass is 255 g/mol. The van der Waals surface area contributed by atoms with Crippen molar-refractivity contribution in [2.45, 2.75) is 0 Å². The number of hydrogen-bond donors (Lipinski definition) is 1. The van der Waals surface area contributed by atoms with Gasteiger partial charge >= 0.3 is 0 Å². The number of benzene rings is 1. The van der Waals surface area contributed by atoms with Gasteiger partial charge in [0.05, 0.1) is 5.56 Å². The summed E-state index contributed by atoms with van der Waals surface area (Å²) in [5, 5.41) is 2.65. The molecular formula is C14H10FN3O. The van der Waals surface area contributed by atoms with Gasteiger partial charge in [-0.05, 0) is 30.3 Å². The number of fused-ring (bicyclic) bond motifs is 1. The highest BCUT2D eigenvalue weighted by atomic mass is 19.1. The van der Waals surface area contributed by atoms with Crippen molar-refractivity contribution in [1.29, 1.82) is 0 Å². The molecule has 0 spiro atoms. The summed E-state index contributed by atoms with van der Waals surface area (Å²) >= 11 is 0. The minimum Gasteiger partial charge on any atom is -0.322 e. The molecule has 0 saturated heterocycles. The van der Waals surface area contributed by atoms with E-state index >= 15 is 0 Å². The summed E-state index contributed by atoms with van der Waals surface area (Å²) in [4.78, 5) is 16.3. The predicted octanol–water partition coefficient (Wildman–Crippen LogP) is 2.73. The van der Waals surface area contributed by atoms with Crippen LogP contribution >= 0.6 is 0 Å². The van der Waals surface area contributed by atoms with E-state index in [-0.39, 0.29) is 5.91 Å². The summed E-state index contributed by atoms with van der Waals surface area (Å²) in [5.74, 6) is -0.709. The molecule has 4 nitrogen and oxygen atoms in total. The second-order valence-corrected chi connectivity index (χ2v) is 4.04. The molecular weight excluding hydrogens is 245 g/mol. The summed E-state index contributed by atoms with van der Waals surface area (Å²) in [6, 6.07) is 9.20. The molecule has 0 radical (unpaired) electrons. The van der Waals surface area contributed by atoms with Gasteiger partial charge in [0.1, 0.15) is 11.5 Å². The third-order valence-electron chi connectivity index (χ3n) is 2.75. The lowest BCUT2D eigenvalue weighted by Gasteiger charge is -2.06. The van der Waals surface area contributed by atoms with Gasteiger partial charge in [0, 0.05) is 24.3 Å². The number of rotatable bonds is 2. The summed E-state index contributed by atoms with van der Waals surface area (Å²) in [7, 11) is 0. The van der Waals surface area contributed by atoms with Gasteiger partial charge in [-0.3, -0.25) is 4.79 Å². The highest BCUT2D eigenvalue weighted by Gasteiger charge is 2.11. The van der Waals surface area contributed by atoms with Gasteiger partial charge in [0.15, 0.2) is 0 Å². The molecule has 2 aromatic heterocycles. The molecule has 0 saturated carbocycles. The van der Waals surface area contributed by atoms with Gasteiger partial charge < -0.3 is 9.72 Å². The highest BCUT2D eigenvalue weighted by molar-refractivity contribution is 6.08. The number of carbonyl (C=O) groups is 1. The van der Waals surface area contributed by atoms with Crippen LogP contribution in [-0.2, 0) is 0 Å². The van der Waals surface area contributed by atoms with E-state index in [1.165, 1.54) is 12.1 Å². The second kappa shape index (κ2) is 4.53. The molecule has 0 aliphatic rings. The average molecular weight is 255 g/mol. The lowest BCUT2D eigenvalue weighted by molar-refractivity contribution is 0.102. The maximum Gasteiger partial charge on any atom is 0.259 e. The van der Waals surface area contributed by atoms with Gasteiger partial charge in [-0.1, -0.05) is 6.07 Å². The van der Waals surface area contributed by atoms with E-state index in [2.05, 4.69) is 10.3 Å². The molecule has 2 heterocycles. The fourth-order valence-corrected chi connectivity index (χ4v) is 1.89. The quantitative estimate of drug-likeness (QED) is 0.765. The van der Waals surface area contributed by atoms with Crippen molar-refractivity contribution in [3.63, 3.8) is 0 Å². The van der Waals surface area contributed by atoms with Crippen LogP contribution in [0.5, 0.6) is 0 Å². The molecule has 94 valence electrons. The average Bonchev–Trinajstić information content (AvgIpc) is 2.86. The Balaban J connectivity index is 1.94. The number of halogens is 1. The van der Waals surface area contributed by atoms with Gasteiger partial charge in [-0.2, -0.15) is 0 Å². The summed E-state index contributed by atoms with van der Waals surface area (Å²) in [6.45, 7) is 0. The highest BCUT2D eigenvalue weighted by Crippen LogP contribution is 2.13. The maximum absolute atomic E-state index is 13.1. The lowest BCUT2D eigenvalue weighted by atomic mass is 10.2. The standard InChI is InChI=1S/C14H10FN3O/c15-10-3-1-4-11(9-10)17-14(19)12-5-2-7-18-8-6-16-13(12)18/h1-9H,(H,17,19).